The van der Waals surface area contributed by atoms with Crippen LogP contribution in [-0.4, -0.2) is 19.0 Å². The van der Waals surface area contributed by atoms with Crippen molar-refractivity contribution in [1.82, 2.24) is 5.32 Å². The summed E-state index contributed by atoms with van der Waals surface area (Å²) in [6.45, 7) is 7.75. The average molecular weight is 198 g/mol. The first-order valence-corrected chi connectivity index (χ1v) is 5.49. The van der Waals surface area contributed by atoms with E-state index in [9.17, 15) is 4.79 Å². The summed E-state index contributed by atoms with van der Waals surface area (Å²) in [5, 5.41) is 2.98. The molecule has 0 aromatic carbocycles. The number of hydrogen-bond acceptors (Lipinski definition) is 2. The van der Waals surface area contributed by atoms with Crippen LogP contribution in [0, 0.1) is 17.3 Å². The molecule has 1 amide bonds. The van der Waals surface area contributed by atoms with Crippen LogP contribution in [0.15, 0.2) is 0 Å². The molecule has 0 bridgehead atoms. The minimum absolute atomic E-state index is 0.00291. The van der Waals surface area contributed by atoms with Crippen molar-refractivity contribution in [2.75, 3.05) is 13.1 Å². The Bertz CT molecular complexity index is 209. The molecule has 0 heterocycles. The van der Waals surface area contributed by atoms with E-state index in [4.69, 9.17) is 5.73 Å². The molecule has 3 N–H and O–H groups in total. The average Bonchev–Trinajstić information content (AvgIpc) is 2.73. The second-order valence-electron chi connectivity index (χ2n) is 4.98. The van der Waals surface area contributed by atoms with Crippen molar-refractivity contribution < 1.29 is 4.79 Å². The van der Waals surface area contributed by atoms with Crippen molar-refractivity contribution in [3.05, 3.63) is 0 Å². The lowest BCUT2D eigenvalue weighted by Gasteiger charge is -2.12. The van der Waals surface area contributed by atoms with E-state index in [0.717, 1.165) is 13.0 Å². The lowest BCUT2D eigenvalue weighted by molar-refractivity contribution is -0.124. The third kappa shape index (κ3) is 2.71. The van der Waals surface area contributed by atoms with E-state index in [0.29, 0.717) is 17.9 Å². The van der Waals surface area contributed by atoms with Crippen molar-refractivity contribution in [3.8, 4) is 0 Å². The van der Waals surface area contributed by atoms with E-state index in [2.05, 4.69) is 19.2 Å². The molecule has 1 aliphatic rings. The maximum atomic E-state index is 11.6. The van der Waals surface area contributed by atoms with Gasteiger partial charge in [0.15, 0.2) is 0 Å². The second-order valence-corrected chi connectivity index (χ2v) is 4.98. The van der Waals surface area contributed by atoms with Gasteiger partial charge in [-0.2, -0.15) is 0 Å². The monoisotopic (exact) mass is 198 g/mol. The molecule has 0 spiro atoms. The number of rotatable bonds is 5. The second kappa shape index (κ2) is 4.30. The molecular weight excluding hydrogens is 176 g/mol. The van der Waals surface area contributed by atoms with Gasteiger partial charge in [-0.3, -0.25) is 4.79 Å². The smallest absolute Gasteiger partial charge is 0.224 e. The normalized spacial score (nSPS) is 25.6. The molecule has 0 radical (unpaired) electrons. The van der Waals surface area contributed by atoms with E-state index in [-0.39, 0.29) is 11.8 Å². The van der Waals surface area contributed by atoms with Gasteiger partial charge in [-0.1, -0.05) is 20.8 Å². The molecule has 1 aliphatic carbocycles. The zero-order valence-corrected chi connectivity index (χ0v) is 9.47. The van der Waals surface area contributed by atoms with Crippen LogP contribution in [-0.2, 0) is 4.79 Å². The van der Waals surface area contributed by atoms with Crippen LogP contribution >= 0.6 is 0 Å². The minimum atomic E-state index is -0.00291. The largest absolute Gasteiger partial charge is 0.356 e. The number of carbonyl (C=O) groups excluding carboxylic acids is 1. The highest BCUT2D eigenvalue weighted by atomic mass is 16.1. The minimum Gasteiger partial charge on any atom is -0.356 e. The molecule has 1 saturated carbocycles. The van der Waals surface area contributed by atoms with Crippen LogP contribution in [0.5, 0.6) is 0 Å². The van der Waals surface area contributed by atoms with Gasteiger partial charge in [-0.25, -0.2) is 0 Å². The quantitative estimate of drug-likeness (QED) is 0.696. The third-order valence-corrected chi connectivity index (χ3v) is 3.39. The van der Waals surface area contributed by atoms with Crippen LogP contribution in [0.4, 0.5) is 0 Å². The summed E-state index contributed by atoms with van der Waals surface area (Å²) in [7, 11) is 0. The van der Waals surface area contributed by atoms with Gasteiger partial charge in [-0.05, 0) is 24.2 Å². The van der Waals surface area contributed by atoms with E-state index >= 15 is 0 Å². The zero-order valence-electron chi connectivity index (χ0n) is 9.47. The SMILES string of the molecule is CCC(CN)C(=O)NCC1CC1(C)C. The van der Waals surface area contributed by atoms with Crippen molar-refractivity contribution in [2.45, 2.75) is 33.6 Å². The zero-order chi connectivity index (χ0) is 10.8. The summed E-state index contributed by atoms with van der Waals surface area (Å²) in [6, 6.07) is 0. The van der Waals surface area contributed by atoms with Crippen LogP contribution in [0.1, 0.15) is 33.6 Å². The van der Waals surface area contributed by atoms with Crippen LogP contribution in [0.2, 0.25) is 0 Å². The standard InChI is InChI=1S/C11H22N2O/c1-4-8(6-12)10(14)13-7-9-5-11(9,2)3/h8-9H,4-7,12H2,1-3H3,(H,13,14). The van der Waals surface area contributed by atoms with Crippen molar-refractivity contribution in [3.63, 3.8) is 0 Å². The molecule has 82 valence electrons. The Morgan fingerprint density at radius 3 is 2.57 bits per heavy atom. The van der Waals surface area contributed by atoms with Gasteiger partial charge >= 0.3 is 0 Å². The van der Waals surface area contributed by atoms with Gasteiger partial charge in [0.1, 0.15) is 0 Å². The van der Waals surface area contributed by atoms with Crippen LogP contribution < -0.4 is 11.1 Å². The fourth-order valence-corrected chi connectivity index (χ4v) is 1.75. The molecule has 3 nitrogen and oxygen atoms in total. The fourth-order valence-electron chi connectivity index (χ4n) is 1.75. The number of nitrogens with two attached hydrogens (primary N) is 1. The predicted molar refractivity (Wildman–Crippen MR) is 57.7 cm³/mol. The summed E-state index contributed by atoms with van der Waals surface area (Å²) in [5.74, 6) is 0.788. The summed E-state index contributed by atoms with van der Waals surface area (Å²) in [4.78, 5) is 11.6. The summed E-state index contributed by atoms with van der Waals surface area (Å²) < 4.78 is 0. The third-order valence-electron chi connectivity index (χ3n) is 3.39. The highest BCUT2D eigenvalue weighted by Crippen LogP contribution is 2.50. The van der Waals surface area contributed by atoms with Crippen molar-refractivity contribution in [2.24, 2.45) is 23.0 Å². The molecule has 14 heavy (non-hydrogen) atoms. The highest BCUT2D eigenvalue weighted by Gasteiger charge is 2.45. The summed E-state index contributed by atoms with van der Waals surface area (Å²) in [6.07, 6.45) is 2.06. The van der Waals surface area contributed by atoms with Gasteiger partial charge in [0.2, 0.25) is 5.91 Å². The molecule has 0 aromatic heterocycles. The number of nitrogens with one attached hydrogen (secondary N) is 1. The predicted octanol–water partition coefficient (Wildman–Crippen LogP) is 1.13. The van der Waals surface area contributed by atoms with E-state index in [1.807, 2.05) is 6.92 Å². The van der Waals surface area contributed by atoms with E-state index in [1.165, 1.54) is 6.42 Å². The Hall–Kier alpha value is -0.570. The van der Waals surface area contributed by atoms with Gasteiger partial charge in [0.05, 0.1) is 0 Å². The Balaban J connectivity index is 2.21. The van der Waals surface area contributed by atoms with Gasteiger partial charge in [0.25, 0.3) is 0 Å². The first-order valence-electron chi connectivity index (χ1n) is 5.49. The molecule has 0 saturated heterocycles. The Morgan fingerprint density at radius 1 is 1.64 bits per heavy atom. The molecule has 1 fully saturated rings. The van der Waals surface area contributed by atoms with Crippen molar-refractivity contribution in [1.29, 1.82) is 0 Å². The molecular formula is C11H22N2O. The van der Waals surface area contributed by atoms with Crippen LogP contribution in [0.3, 0.4) is 0 Å². The topological polar surface area (TPSA) is 55.1 Å². The lowest BCUT2D eigenvalue weighted by Crippen LogP contribution is -2.36. The summed E-state index contributed by atoms with van der Waals surface area (Å²) in [5.41, 5.74) is 5.94. The summed E-state index contributed by atoms with van der Waals surface area (Å²) >= 11 is 0. The Kier molecular flexibility index (Phi) is 3.53. The van der Waals surface area contributed by atoms with E-state index in [1.54, 1.807) is 0 Å². The Morgan fingerprint density at radius 2 is 2.21 bits per heavy atom. The maximum Gasteiger partial charge on any atom is 0.224 e. The molecule has 2 unspecified atom stereocenters. The molecule has 3 heteroatoms. The van der Waals surface area contributed by atoms with E-state index < -0.39 is 0 Å². The number of amides is 1. The lowest BCUT2D eigenvalue weighted by atomic mass is 10.1. The molecule has 0 aliphatic heterocycles. The molecule has 0 aromatic rings. The van der Waals surface area contributed by atoms with Crippen LogP contribution in [0.25, 0.3) is 0 Å². The first-order chi connectivity index (χ1) is 6.51. The first kappa shape index (κ1) is 11.5. The highest BCUT2D eigenvalue weighted by molar-refractivity contribution is 5.78. The number of hydrogen-bond donors (Lipinski definition) is 2. The van der Waals surface area contributed by atoms with Crippen molar-refractivity contribution >= 4 is 5.91 Å². The molecule has 1 rings (SSSR count). The Labute approximate surface area is 86.4 Å². The van der Waals surface area contributed by atoms with Gasteiger partial charge in [-0.15, -0.1) is 0 Å². The van der Waals surface area contributed by atoms with Gasteiger partial charge < -0.3 is 11.1 Å². The molecule has 2 atom stereocenters. The fraction of sp³-hybridized carbons (Fsp3) is 0.909. The van der Waals surface area contributed by atoms with Gasteiger partial charge in [0, 0.05) is 19.0 Å². The number of carbonyl (C=O) groups is 1. The maximum absolute atomic E-state index is 11.6.